The largest absolute Gasteiger partial charge is 0.331 e. The van der Waals surface area contributed by atoms with Crippen molar-refractivity contribution in [2.75, 3.05) is 5.32 Å². The van der Waals surface area contributed by atoms with Gasteiger partial charge >= 0.3 is 6.03 Å². The van der Waals surface area contributed by atoms with Gasteiger partial charge in [-0.2, -0.15) is 0 Å². The molecular formula is C14H14Cl2N2OS. The molecule has 6 heteroatoms. The number of halogens is 2. The molecule has 0 radical (unpaired) electrons. The highest BCUT2D eigenvalue weighted by molar-refractivity contribution is 7.16. The molecule has 20 heavy (non-hydrogen) atoms. The summed E-state index contributed by atoms with van der Waals surface area (Å²) in [5.41, 5.74) is 1.63. The molecule has 0 spiro atoms. The molecule has 0 saturated heterocycles. The standard InChI is InChI=1S/C14H14Cl2N2OS/c1-8-3-4-11(10(15)7-8)18-14(19)17-9(2)12-5-6-13(16)20-12/h3-7,9H,1-2H3,(H2,17,18,19)/t9-/m0/s1. The van der Waals surface area contributed by atoms with Crippen LogP contribution in [-0.4, -0.2) is 6.03 Å². The van der Waals surface area contributed by atoms with Crippen LogP contribution in [0.1, 0.15) is 23.4 Å². The summed E-state index contributed by atoms with van der Waals surface area (Å²) in [6.07, 6.45) is 0. The van der Waals surface area contributed by atoms with Gasteiger partial charge < -0.3 is 10.6 Å². The zero-order valence-electron chi connectivity index (χ0n) is 11.0. The lowest BCUT2D eigenvalue weighted by molar-refractivity contribution is 0.249. The van der Waals surface area contributed by atoms with E-state index < -0.39 is 0 Å². The Labute approximate surface area is 131 Å². The van der Waals surface area contributed by atoms with Crippen LogP contribution in [0.15, 0.2) is 30.3 Å². The van der Waals surface area contributed by atoms with E-state index >= 15 is 0 Å². The van der Waals surface area contributed by atoms with E-state index in [-0.39, 0.29) is 12.1 Å². The first kappa shape index (κ1) is 15.2. The molecule has 0 aliphatic heterocycles. The maximum absolute atomic E-state index is 11.9. The topological polar surface area (TPSA) is 41.1 Å². The molecule has 2 amide bonds. The second-order valence-electron chi connectivity index (χ2n) is 4.45. The lowest BCUT2D eigenvalue weighted by atomic mass is 10.2. The Morgan fingerprint density at radius 2 is 2.00 bits per heavy atom. The minimum atomic E-state index is -0.298. The second kappa shape index (κ2) is 6.48. The number of carbonyl (C=O) groups excluding carboxylic acids is 1. The van der Waals surface area contributed by atoms with Crippen LogP contribution in [0.5, 0.6) is 0 Å². The van der Waals surface area contributed by atoms with Crippen LogP contribution in [0.2, 0.25) is 9.36 Å². The third kappa shape index (κ3) is 3.88. The lowest BCUT2D eigenvalue weighted by Crippen LogP contribution is -2.30. The minimum Gasteiger partial charge on any atom is -0.331 e. The van der Waals surface area contributed by atoms with Crippen molar-refractivity contribution in [3.63, 3.8) is 0 Å². The first-order valence-corrected chi connectivity index (χ1v) is 7.62. The fraction of sp³-hybridized carbons (Fsp3) is 0.214. The van der Waals surface area contributed by atoms with Gasteiger partial charge in [-0.05, 0) is 43.7 Å². The van der Waals surface area contributed by atoms with Crippen molar-refractivity contribution in [2.24, 2.45) is 0 Å². The van der Waals surface area contributed by atoms with Gasteiger partial charge in [0.05, 0.1) is 21.1 Å². The monoisotopic (exact) mass is 328 g/mol. The quantitative estimate of drug-likeness (QED) is 0.794. The van der Waals surface area contributed by atoms with Crippen LogP contribution in [0.3, 0.4) is 0 Å². The van der Waals surface area contributed by atoms with Gasteiger partial charge in [0.25, 0.3) is 0 Å². The third-order valence-electron chi connectivity index (χ3n) is 2.74. The van der Waals surface area contributed by atoms with E-state index in [1.165, 1.54) is 11.3 Å². The van der Waals surface area contributed by atoms with E-state index in [9.17, 15) is 4.79 Å². The number of hydrogen-bond acceptors (Lipinski definition) is 2. The highest BCUT2D eigenvalue weighted by Crippen LogP contribution is 2.27. The van der Waals surface area contributed by atoms with Crippen molar-refractivity contribution in [1.82, 2.24) is 5.32 Å². The van der Waals surface area contributed by atoms with E-state index in [4.69, 9.17) is 23.2 Å². The van der Waals surface area contributed by atoms with Crippen molar-refractivity contribution in [3.8, 4) is 0 Å². The smallest absolute Gasteiger partial charge is 0.319 e. The Kier molecular flexibility index (Phi) is 4.91. The Balaban J connectivity index is 1.98. The summed E-state index contributed by atoms with van der Waals surface area (Å²) in [6, 6.07) is 8.78. The molecule has 0 fully saturated rings. The Hall–Kier alpha value is -1.23. The molecule has 0 saturated carbocycles. The average Bonchev–Trinajstić information content (AvgIpc) is 2.79. The van der Waals surface area contributed by atoms with Gasteiger partial charge in [0.1, 0.15) is 0 Å². The van der Waals surface area contributed by atoms with Crippen molar-refractivity contribution in [1.29, 1.82) is 0 Å². The summed E-state index contributed by atoms with van der Waals surface area (Å²) in [4.78, 5) is 12.9. The van der Waals surface area contributed by atoms with E-state index in [1.807, 2.05) is 32.0 Å². The molecule has 1 aromatic heterocycles. The van der Waals surface area contributed by atoms with Gasteiger partial charge in [0.15, 0.2) is 0 Å². The molecule has 3 nitrogen and oxygen atoms in total. The van der Waals surface area contributed by atoms with Crippen LogP contribution in [-0.2, 0) is 0 Å². The highest BCUT2D eigenvalue weighted by Gasteiger charge is 2.12. The van der Waals surface area contributed by atoms with Crippen molar-refractivity contribution >= 4 is 46.3 Å². The zero-order chi connectivity index (χ0) is 14.7. The summed E-state index contributed by atoms with van der Waals surface area (Å²) in [5.74, 6) is 0. The van der Waals surface area contributed by atoms with Crippen LogP contribution >= 0.6 is 34.5 Å². The van der Waals surface area contributed by atoms with Gasteiger partial charge in [-0.1, -0.05) is 29.3 Å². The van der Waals surface area contributed by atoms with Gasteiger partial charge in [-0.15, -0.1) is 11.3 Å². The average molecular weight is 329 g/mol. The number of anilines is 1. The fourth-order valence-electron chi connectivity index (χ4n) is 1.71. The molecule has 2 aromatic rings. The normalized spacial score (nSPS) is 12.0. The molecule has 0 unspecified atom stereocenters. The predicted molar refractivity (Wildman–Crippen MR) is 86.1 cm³/mol. The van der Waals surface area contributed by atoms with Crippen LogP contribution in [0.4, 0.5) is 10.5 Å². The van der Waals surface area contributed by atoms with E-state index in [1.54, 1.807) is 12.1 Å². The zero-order valence-corrected chi connectivity index (χ0v) is 13.4. The Morgan fingerprint density at radius 3 is 2.60 bits per heavy atom. The number of benzene rings is 1. The number of aryl methyl sites for hydroxylation is 1. The fourth-order valence-corrected chi connectivity index (χ4v) is 3.05. The summed E-state index contributed by atoms with van der Waals surface area (Å²) < 4.78 is 0.704. The molecule has 0 aliphatic rings. The molecule has 1 aromatic carbocycles. The van der Waals surface area contributed by atoms with Crippen molar-refractivity contribution < 1.29 is 4.79 Å². The van der Waals surface area contributed by atoms with E-state index in [0.717, 1.165) is 10.4 Å². The molecule has 1 atom stereocenters. The molecule has 0 aliphatic carbocycles. The summed E-state index contributed by atoms with van der Waals surface area (Å²) >= 11 is 13.4. The number of hydrogen-bond donors (Lipinski definition) is 2. The van der Waals surface area contributed by atoms with Gasteiger partial charge in [0, 0.05) is 4.88 Å². The van der Waals surface area contributed by atoms with E-state index in [2.05, 4.69) is 10.6 Å². The first-order valence-electron chi connectivity index (χ1n) is 6.04. The molecule has 2 N–H and O–H groups in total. The van der Waals surface area contributed by atoms with Gasteiger partial charge in [-0.3, -0.25) is 0 Å². The molecule has 1 heterocycles. The van der Waals surface area contributed by atoms with Crippen molar-refractivity contribution in [3.05, 3.63) is 50.1 Å². The summed E-state index contributed by atoms with van der Waals surface area (Å²) in [5, 5.41) is 6.10. The summed E-state index contributed by atoms with van der Waals surface area (Å²) in [6.45, 7) is 3.84. The van der Waals surface area contributed by atoms with Gasteiger partial charge in [0.2, 0.25) is 0 Å². The number of carbonyl (C=O) groups is 1. The number of thiophene rings is 1. The van der Waals surface area contributed by atoms with Crippen molar-refractivity contribution in [2.45, 2.75) is 19.9 Å². The number of rotatable bonds is 3. The first-order chi connectivity index (χ1) is 9.45. The second-order valence-corrected chi connectivity index (χ2v) is 6.60. The number of amides is 2. The van der Waals surface area contributed by atoms with Gasteiger partial charge in [-0.25, -0.2) is 4.79 Å². The molecule has 106 valence electrons. The molecular weight excluding hydrogens is 315 g/mol. The molecule has 2 rings (SSSR count). The minimum absolute atomic E-state index is 0.114. The maximum atomic E-state index is 11.9. The SMILES string of the molecule is Cc1ccc(NC(=O)N[C@@H](C)c2ccc(Cl)s2)c(Cl)c1. The maximum Gasteiger partial charge on any atom is 0.319 e. The third-order valence-corrected chi connectivity index (χ3v) is 4.47. The van der Waals surface area contributed by atoms with Crippen LogP contribution in [0, 0.1) is 6.92 Å². The van der Waals surface area contributed by atoms with Crippen LogP contribution < -0.4 is 10.6 Å². The Bertz CT molecular complexity index is 627. The summed E-state index contributed by atoms with van der Waals surface area (Å²) in [7, 11) is 0. The molecule has 0 bridgehead atoms. The lowest BCUT2D eigenvalue weighted by Gasteiger charge is -2.14. The van der Waals surface area contributed by atoms with Crippen LogP contribution in [0.25, 0.3) is 0 Å². The number of urea groups is 1. The Morgan fingerprint density at radius 1 is 1.25 bits per heavy atom. The predicted octanol–water partition coefficient (Wildman–Crippen LogP) is 5.25. The highest BCUT2D eigenvalue weighted by atomic mass is 35.5. The number of nitrogens with one attached hydrogen (secondary N) is 2. The van der Waals surface area contributed by atoms with E-state index in [0.29, 0.717) is 15.0 Å².